The van der Waals surface area contributed by atoms with Gasteiger partial charge < -0.3 is 19.9 Å². The topological polar surface area (TPSA) is 70.8 Å². The molecule has 0 spiro atoms. The summed E-state index contributed by atoms with van der Waals surface area (Å²) in [5.74, 6) is 1.15. The number of ether oxygens (including phenoxy) is 3. The van der Waals surface area contributed by atoms with Gasteiger partial charge in [0.15, 0.2) is 11.5 Å². The highest BCUT2D eigenvalue weighted by Gasteiger charge is 2.15. The van der Waals surface area contributed by atoms with Crippen LogP contribution in [0.25, 0.3) is 0 Å². The summed E-state index contributed by atoms with van der Waals surface area (Å²) in [4.78, 5) is 11.7. The second-order valence-corrected chi connectivity index (χ2v) is 4.45. The zero-order valence-electron chi connectivity index (χ0n) is 12.2. The predicted molar refractivity (Wildman–Crippen MR) is 80.0 cm³/mol. The Morgan fingerprint density at radius 3 is 2.38 bits per heavy atom. The summed E-state index contributed by atoms with van der Waals surface area (Å²) in [6.07, 6.45) is 0. The van der Waals surface area contributed by atoms with Crippen LogP contribution >= 0.6 is 0 Å². The average molecular weight is 287 g/mol. The maximum absolute atomic E-state index is 11.7. The summed E-state index contributed by atoms with van der Waals surface area (Å²) in [5, 5.41) is 0. The number of carbonyl (C=O) groups is 1. The zero-order chi connectivity index (χ0) is 15.4. The van der Waals surface area contributed by atoms with Gasteiger partial charge in [-0.15, -0.1) is 0 Å². The lowest BCUT2D eigenvalue weighted by molar-refractivity contribution is 0.0601. The zero-order valence-corrected chi connectivity index (χ0v) is 12.2. The molecule has 2 N–H and O–H groups in total. The molecule has 0 amide bonds. The standard InChI is InChI=1S/C16H17NO4/c1-10-8-11(9-12(15(10)17)16(18)20-3)21-14-7-5-4-6-13(14)19-2/h4-9H,17H2,1-3H3. The molecule has 5 nitrogen and oxygen atoms in total. The smallest absolute Gasteiger partial charge is 0.340 e. The number of esters is 1. The van der Waals surface area contributed by atoms with E-state index in [4.69, 9.17) is 19.9 Å². The molecule has 110 valence electrons. The van der Waals surface area contributed by atoms with E-state index in [9.17, 15) is 4.79 Å². The second-order valence-electron chi connectivity index (χ2n) is 4.45. The average Bonchev–Trinajstić information content (AvgIpc) is 2.50. The predicted octanol–water partition coefficient (Wildman–Crippen LogP) is 3.16. The Labute approximate surface area is 123 Å². The molecule has 0 radical (unpaired) electrons. The van der Waals surface area contributed by atoms with E-state index in [0.29, 0.717) is 22.9 Å². The number of benzene rings is 2. The van der Waals surface area contributed by atoms with Crippen LogP contribution in [0.15, 0.2) is 36.4 Å². The van der Waals surface area contributed by atoms with Crippen LogP contribution < -0.4 is 15.2 Å². The van der Waals surface area contributed by atoms with Crippen molar-refractivity contribution >= 4 is 11.7 Å². The van der Waals surface area contributed by atoms with Gasteiger partial charge in [-0.2, -0.15) is 0 Å². The number of anilines is 1. The Morgan fingerprint density at radius 1 is 1.10 bits per heavy atom. The largest absolute Gasteiger partial charge is 0.493 e. The quantitative estimate of drug-likeness (QED) is 0.691. The van der Waals surface area contributed by atoms with E-state index in [1.165, 1.54) is 7.11 Å². The number of rotatable bonds is 4. The molecule has 0 heterocycles. The highest BCUT2D eigenvalue weighted by Crippen LogP contribution is 2.33. The minimum Gasteiger partial charge on any atom is -0.493 e. The first kappa shape index (κ1) is 14.7. The van der Waals surface area contributed by atoms with Gasteiger partial charge in [0, 0.05) is 5.69 Å². The molecular formula is C16H17NO4. The van der Waals surface area contributed by atoms with Crippen molar-refractivity contribution in [1.82, 2.24) is 0 Å². The first-order chi connectivity index (χ1) is 10.1. The molecule has 0 saturated carbocycles. The number of nitrogens with two attached hydrogens (primary N) is 1. The number of methoxy groups -OCH3 is 2. The minimum atomic E-state index is -0.499. The van der Waals surface area contributed by atoms with Crippen LogP contribution in [0.2, 0.25) is 0 Å². The first-order valence-corrected chi connectivity index (χ1v) is 6.36. The molecule has 0 unspecified atom stereocenters. The molecule has 0 atom stereocenters. The van der Waals surface area contributed by atoms with Crippen molar-refractivity contribution in [3.63, 3.8) is 0 Å². The number of hydrogen-bond donors (Lipinski definition) is 1. The second kappa shape index (κ2) is 6.17. The molecule has 0 aliphatic carbocycles. The summed E-state index contributed by atoms with van der Waals surface area (Å²) in [6.45, 7) is 1.80. The van der Waals surface area contributed by atoms with Crippen LogP contribution in [0.1, 0.15) is 15.9 Å². The van der Waals surface area contributed by atoms with E-state index in [-0.39, 0.29) is 5.56 Å². The molecule has 2 rings (SSSR count). The fourth-order valence-corrected chi connectivity index (χ4v) is 1.93. The van der Waals surface area contributed by atoms with Gasteiger partial charge in [0.25, 0.3) is 0 Å². The van der Waals surface area contributed by atoms with Gasteiger partial charge in [0.2, 0.25) is 0 Å². The van der Waals surface area contributed by atoms with E-state index in [1.54, 1.807) is 38.3 Å². The highest BCUT2D eigenvalue weighted by molar-refractivity contribution is 5.96. The Kier molecular flexibility index (Phi) is 4.33. The monoisotopic (exact) mass is 287 g/mol. The van der Waals surface area contributed by atoms with Crippen molar-refractivity contribution in [3.05, 3.63) is 47.5 Å². The number of para-hydroxylation sites is 2. The van der Waals surface area contributed by atoms with Gasteiger partial charge in [0.1, 0.15) is 5.75 Å². The Balaban J connectivity index is 2.41. The fraction of sp³-hybridized carbons (Fsp3) is 0.188. The van der Waals surface area contributed by atoms with Gasteiger partial charge in [-0.25, -0.2) is 4.79 Å². The minimum absolute atomic E-state index is 0.280. The van der Waals surface area contributed by atoms with Gasteiger partial charge in [-0.05, 0) is 36.8 Å². The Morgan fingerprint density at radius 2 is 1.76 bits per heavy atom. The van der Waals surface area contributed by atoms with Crippen molar-refractivity contribution in [2.75, 3.05) is 20.0 Å². The number of carbonyl (C=O) groups excluding carboxylic acids is 1. The summed E-state index contributed by atoms with van der Waals surface area (Å²) >= 11 is 0. The van der Waals surface area contributed by atoms with Crippen LogP contribution in [0.5, 0.6) is 17.2 Å². The SMILES string of the molecule is COC(=O)c1cc(Oc2ccccc2OC)cc(C)c1N. The molecule has 0 aromatic heterocycles. The molecule has 2 aromatic carbocycles. The number of nitrogen functional groups attached to an aromatic ring is 1. The molecule has 0 aliphatic heterocycles. The molecule has 0 bridgehead atoms. The van der Waals surface area contributed by atoms with Gasteiger partial charge in [-0.3, -0.25) is 0 Å². The Bertz CT molecular complexity index is 667. The van der Waals surface area contributed by atoms with Crippen LogP contribution in [0.4, 0.5) is 5.69 Å². The normalized spacial score (nSPS) is 10.0. The summed E-state index contributed by atoms with van der Waals surface area (Å²) in [5.41, 5.74) is 7.30. The third-order valence-corrected chi connectivity index (χ3v) is 3.06. The maximum Gasteiger partial charge on any atom is 0.340 e. The lowest BCUT2D eigenvalue weighted by Crippen LogP contribution is -2.07. The molecule has 5 heteroatoms. The molecule has 0 aliphatic rings. The third-order valence-electron chi connectivity index (χ3n) is 3.06. The molecule has 2 aromatic rings. The molecule has 0 fully saturated rings. The van der Waals surface area contributed by atoms with Crippen LogP contribution in [-0.4, -0.2) is 20.2 Å². The molecule has 21 heavy (non-hydrogen) atoms. The summed E-state index contributed by atoms with van der Waals surface area (Å²) < 4.78 is 15.7. The van der Waals surface area contributed by atoms with E-state index in [0.717, 1.165) is 5.56 Å². The van der Waals surface area contributed by atoms with Crippen molar-refractivity contribution in [2.45, 2.75) is 6.92 Å². The first-order valence-electron chi connectivity index (χ1n) is 6.36. The fourth-order valence-electron chi connectivity index (χ4n) is 1.93. The summed E-state index contributed by atoms with van der Waals surface area (Å²) in [7, 11) is 2.88. The summed E-state index contributed by atoms with van der Waals surface area (Å²) in [6, 6.07) is 10.6. The number of aryl methyl sites for hydroxylation is 1. The van der Waals surface area contributed by atoms with Crippen molar-refractivity contribution < 1.29 is 19.0 Å². The van der Waals surface area contributed by atoms with E-state index >= 15 is 0 Å². The number of hydrogen-bond acceptors (Lipinski definition) is 5. The molecular weight excluding hydrogens is 270 g/mol. The van der Waals surface area contributed by atoms with Gasteiger partial charge in [-0.1, -0.05) is 12.1 Å². The highest BCUT2D eigenvalue weighted by atomic mass is 16.5. The van der Waals surface area contributed by atoms with Crippen molar-refractivity contribution in [2.24, 2.45) is 0 Å². The van der Waals surface area contributed by atoms with E-state index in [1.807, 2.05) is 12.1 Å². The lowest BCUT2D eigenvalue weighted by Gasteiger charge is -2.13. The maximum atomic E-state index is 11.7. The van der Waals surface area contributed by atoms with Crippen LogP contribution in [0.3, 0.4) is 0 Å². The van der Waals surface area contributed by atoms with Gasteiger partial charge in [0.05, 0.1) is 19.8 Å². The van der Waals surface area contributed by atoms with E-state index in [2.05, 4.69) is 0 Å². The molecule has 0 saturated heterocycles. The van der Waals surface area contributed by atoms with Crippen LogP contribution in [0, 0.1) is 6.92 Å². The van der Waals surface area contributed by atoms with Crippen molar-refractivity contribution in [3.8, 4) is 17.2 Å². The van der Waals surface area contributed by atoms with Crippen LogP contribution in [-0.2, 0) is 4.74 Å². The Hall–Kier alpha value is -2.69. The van der Waals surface area contributed by atoms with E-state index < -0.39 is 5.97 Å². The van der Waals surface area contributed by atoms with Gasteiger partial charge >= 0.3 is 5.97 Å². The third kappa shape index (κ3) is 3.08. The lowest BCUT2D eigenvalue weighted by atomic mass is 10.1. The van der Waals surface area contributed by atoms with Crippen molar-refractivity contribution in [1.29, 1.82) is 0 Å².